The zero-order valence-corrected chi connectivity index (χ0v) is 11.4. The average Bonchev–Trinajstić information content (AvgIpc) is 2.88. The largest absolute Gasteiger partial charge is 0.297 e. The van der Waals surface area contributed by atoms with Crippen molar-refractivity contribution in [2.75, 3.05) is 24.6 Å². The molecule has 0 radical (unpaired) electrons. The van der Waals surface area contributed by atoms with Gasteiger partial charge in [-0.05, 0) is 18.2 Å². The maximum absolute atomic E-state index is 13.2. The molecule has 1 fully saturated rings. The van der Waals surface area contributed by atoms with Crippen molar-refractivity contribution in [2.24, 2.45) is 0 Å². The molecule has 0 amide bonds. The molecule has 3 nitrogen and oxygen atoms in total. The van der Waals surface area contributed by atoms with Gasteiger partial charge in [-0.25, -0.2) is 9.07 Å². The van der Waals surface area contributed by atoms with E-state index in [0.29, 0.717) is 0 Å². The summed E-state index contributed by atoms with van der Waals surface area (Å²) in [6.07, 6.45) is 3.85. The Hall–Kier alpha value is -1.33. The summed E-state index contributed by atoms with van der Waals surface area (Å²) in [5.74, 6) is 2.18. The monoisotopic (exact) mass is 277 g/mol. The summed E-state index contributed by atoms with van der Waals surface area (Å²) < 4.78 is 14.9. The minimum atomic E-state index is -0.234. The Bertz CT molecular complexity index is 549. The van der Waals surface area contributed by atoms with Gasteiger partial charge in [0, 0.05) is 42.9 Å². The average molecular weight is 277 g/mol. The number of halogens is 1. The van der Waals surface area contributed by atoms with Crippen molar-refractivity contribution in [2.45, 2.75) is 6.54 Å². The standard InChI is InChI=1S/C14H16FN3S/c15-13-2-1-3-14(8-13)18-11-12(9-16-18)10-17-4-6-19-7-5-17/h1-3,8-9,11H,4-7,10H2. The lowest BCUT2D eigenvalue weighted by Crippen LogP contribution is -2.31. The van der Waals surface area contributed by atoms with Gasteiger partial charge in [0.1, 0.15) is 5.82 Å². The van der Waals surface area contributed by atoms with E-state index in [9.17, 15) is 4.39 Å². The summed E-state index contributed by atoms with van der Waals surface area (Å²) in [6.45, 7) is 3.20. The lowest BCUT2D eigenvalue weighted by molar-refractivity contribution is 0.294. The Morgan fingerprint density at radius 2 is 2.11 bits per heavy atom. The van der Waals surface area contributed by atoms with E-state index >= 15 is 0 Å². The number of aromatic nitrogens is 2. The van der Waals surface area contributed by atoms with Gasteiger partial charge in [-0.1, -0.05) is 6.07 Å². The molecule has 19 heavy (non-hydrogen) atoms. The Kier molecular flexibility index (Phi) is 3.84. The number of hydrogen-bond donors (Lipinski definition) is 0. The van der Waals surface area contributed by atoms with Gasteiger partial charge in [0.25, 0.3) is 0 Å². The Morgan fingerprint density at radius 3 is 2.89 bits per heavy atom. The van der Waals surface area contributed by atoms with Crippen LogP contribution in [-0.2, 0) is 6.54 Å². The van der Waals surface area contributed by atoms with Crippen molar-refractivity contribution < 1.29 is 4.39 Å². The zero-order chi connectivity index (χ0) is 13.1. The number of thioether (sulfide) groups is 1. The second kappa shape index (κ2) is 5.75. The highest BCUT2D eigenvalue weighted by atomic mass is 32.2. The lowest BCUT2D eigenvalue weighted by atomic mass is 10.3. The van der Waals surface area contributed by atoms with Crippen molar-refractivity contribution in [1.82, 2.24) is 14.7 Å². The van der Waals surface area contributed by atoms with Gasteiger partial charge in [0.2, 0.25) is 0 Å². The van der Waals surface area contributed by atoms with E-state index in [2.05, 4.69) is 10.00 Å². The molecule has 1 aliphatic heterocycles. The molecule has 3 rings (SSSR count). The molecule has 0 spiro atoms. The van der Waals surface area contributed by atoms with Crippen LogP contribution in [0, 0.1) is 5.82 Å². The van der Waals surface area contributed by atoms with Crippen molar-refractivity contribution in [3.8, 4) is 5.69 Å². The fourth-order valence-corrected chi connectivity index (χ4v) is 3.20. The van der Waals surface area contributed by atoms with Crippen LogP contribution >= 0.6 is 11.8 Å². The summed E-state index contributed by atoms with van der Waals surface area (Å²) in [5.41, 5.74) is 1.94. The van der Waals surface area contributed by atoms with Crippen LogP contribution in [0.25, 0.3) is 5.69 Å². The molecule has 1 aromatic heterocycles. The predicted molar refractivity (Wildman–Crippen MR) is 76.1 cm³/mol. The molecule has 1 aromatic carbocycles. The highest BCUT2D eigenvalue weighted by Gasteiger charge is 2.11. The first-order valence-corrected chi connectivity index (χ1v) is 7.56. The molecule has 0 unspecified atom stereocenters. The summed E-state index contributed by atoms with van der Waals surface area (Å²) in [5, 5.41) is 4.31. The summed E-state index contributed by atoms with van der Waals surface area (Å²) in [6, 6.07) is 6.50. The third-order valence-corrected chi connectivity index (χ3v) is 4.16. The van der Waals surface area contributed by atoms with E-state index in [4.69, 9.17) is 0 Å². The van der Waals surface area contributed by atoms with Crippen LogP contribution in [-0.4, -0.2) is 39.3 Å². The van der Waals surface area contributed by atoms with Gasteiger partial charge in [-0.2, -0.15) is 16.9 Å². The van der Waals surface area contributed by atoms with Gasteiger partial charge in [-0.3, -0.25) is 4.90 Å². The van der Waals surface area contributed by atoms with Crippen LogP contribution in [0.3, 0.4) is 0 Å². The molecule has 5 heteroatoms. The van der Waals surface area contributed by atoms with Crippen LogP contribution in [0.5, 0.6) is 0 Å². The van der Waals surface area contributed by atoms with E-state index in [0.717, 1.165) is 25.3 Å². The van der Waals surface area contributed by atoms with E-state index in [1.165, 1.54) is 29.2 Å². The second-order valence-electron chi connectivity index (χ2n) is 4.66. The van der Waals surface area contributed by atoms with Crippen molar-refractivity contribution in [1.29, 1.82) is 0 Å². The number of hydrogen-bond acceptors (Lipinski definition) is 3. The Balaban J connectivity index is 1.72. The number of nitrogens with zero attached hydrogens (tertiary/aromatic N) is 3. The molecule has 2 heterocycles. The first-order chi connectivity index (χ1) is 9.31. The van der Waals surface area contributed by atoms with Gasteiger partial charge in [0.15, 0.2) is 0 Å². The van der Waals surface area contributed by atoms with Crippen molar-refractivity contribution in [3.05, 3.63) is 48.0 Å². The van der Waals surface area contributed by atoms with Crippen LogP contribution in [0.1, 0.15) is 5.56 Å². The minimum Gasteiger partial charge on any atom is -0.297 e. The van der Waals surface area contributed by atoms with E-state index < -0.39 is 0 Å². The fourth-order valence-electron chi connectivity index (χ4n) is 2.22. The molecule has 0 aliphatic carbocycles. The molecule has 1 aliphatic rings. The van der Waals surface area contributed by atoms with E-state index in [1.807, 2.05) is 30.2 Å². The van der Waals surface area contributed by atoms with Gasteiger partial charge in [0.05, 0.1) is 11.9 Å². The molecule has 0 saturated carbocycles. The molecule has 2 aromatic rings. The highest BCUT2D eigenvalue weighted by molar-refractivity contribution is 7.99. The van der Waals surface area contributed by atoms with Crippen LogP contribution in [0.4, 0.5) is 4.39 Å². The zero-order valence-electron chi connectivity index (χ0n) is 10.6. The highest BCUT2D eigenvalue weighted by Crippen LogP contribution is 2.14. The smallest absolute Gasteiger partial charge is 0.125 e. The quantitative estimate of drug-likeness (QED) is 0.860. The predicted octanol–water partition coefficient (Wildman–Crippen LogP) is 2.56. The van der Waals surface area contributed by atoms with Crippen LogP contribution < -0.4 is 0 Å². The third-order valence-electron chi connectivity index (χ3n) is 3.22. The molecular weight excluding hydrogens is 261 g/mol. The summed E-state index contributed by atoms with van der Waals surface area (Å²) in [7, 11) is 0. The third kappa shape index (κ3) is 3.16. The number of benzene rings is 1. The minimum absolute atomic E-state index is 0.234. The van der Waals surface area contributed by atoms with E-state index in [-0.39, 0.29) is 5.82 Å². The summed E-state index contributed by atoms with van der Waals surface area (Å²) in [4.78, 5) is 2.43. The fraction of sp³-hybridized carbons (Fsp3) is 0.357. The molecule has 0 atom stereocenters. The SMILES string of the molecule is Fc1cccc(-n2cc(CN3CCSCC3)cn2)c1. The van der Waals surface area contributed by atoms with Crippen LogP contribution in [0.2, 0.25) is 0 Å². The number of rotatable bonds is 3. The molecule has 0 N–H and O–H groups in total. The topological polar surface area (TPSA) is 21.1 Å². The molecule has 1 saturated heterocycles. The maximum Gasteiger partial charge on any atom is 0.125 e. The Morgan fingerprint density at radius 1 is 1.26 bits per heavy atom. The lowest BCUT2D eigenvalue weighted by Gasteiger charge is -2.25. The molecule has 0 bridgehead atoms. The Labute approximate surface area is 116 Å². The van der Waals surface area contributed by atoms with Gasteiger partial charge >= 0.3 is 0 Å². The summed E-state index contributed by atoms with van der Waals surface area (Å²) >= 11 is 2.01. The van der Waals surface area contributed by atoms with Gasteiger partial charge in [-0.15, -0.1) is 0 Å². The normalized spacial score (nSPS) is 16.7. The van der Waals surface area contributed by atoms with Gasteiger partial charge < -0.3 is 0 Å². The van der Waals surface area contributed by atoms with E-state index in [1.54, 1.807) is 10.7 Å². The van der Waals surface area contributed by atoms with Crippen molar-refractivity contribution >= 4 is 11.8 Å². The first-order valence-electron chi connectivity index (χ1n) is 6.41. The first kappa shape index (κ1) is 12.7. The molecule has 100 valence electrons. The molecular formula is C14H16FN3S. The maximum atomic E-state index is 13.2. The van der Waals surface area contributed by atoms with Crippen LogP contribution in [0.15, 0.2) is 36.7 Å². The van der Waals surface area contributed by atoms with Crippen molar-refractivity contribution in [3.63, 3.8) is 0 Å². The second-order valence-corrected chi connectivity index (χ2v) is 5.89.